The van der Waals surface area contributed by atoms with Crippen LogP contribution < -0.4 is 15.4 Å². The first-order valence-corrected chi connectivity index (χ1v) is 6.50. The molecule has 1 unspecified atom stereocenters. The van der Waals surface area contributed by atoms with E-state index in [2.05, 4.69) is 15.4 Å². The molecule has 6 nitrogen and oxygen atoms in total. The van der Waals surface area contributed by atoms with Crippen LogP contribution in [0.15, 0.2) is 24.3 Å². The molecular weight excluding hydrogens is 260 g/mol. The van der Waals surface area contributed by atoms with Crippen molar-refractivity contribution in [3.63, 3.8) is 0 Å². The number of carbonyl (C=O) groups is 2. The van der Waals surface area contributed by atoms with Crippen molar-refractivity contribution in [1.82, 2.24) is 5.32 Å². The van der Waals surface area contributed by atoms with Crippen LogP contribution in [0, 0.1) is 5.92 Å². The number of ether oxygens (including phenoxy) is 2. The Hall–Kier alpha value is -2.08. The molecule has 0 bridgehead atoms. The Balaban J connectivity index is 1.91. The lowest BCUT2D eigenvalue weighted by Crippen LogP contribution is -2.24. The summed E-state index contributed by atoms with van der Waals surface area (Å²) < 4.78 is 9.76. The first-order valence-electron chi connectivity index (χ1n) is 6.50. The largest absolute Gasteiger partial charge is 0.482 e. The van der Waals surface area contributed by atoms with Gasteiger partial charge in [-0.15, -0.1) is 0 Å². The molecule has 0 radical (unpaired) electrons. The maximum absolute atomic E-state index is 12.0. The minimum absolute atomic E-state index is 0.000109. The van der Waals surface area contributed by atoms with Gasteiger partial charge in [0.2, 0.25) is 5.91 Å². The van der Waals surface area contributed by atoms with Gasteiger partial charge in [0.05, 0.1) is 13.0 Å². The number of anilines is 1. The minimum atomic E-state index is -0.448. The molecule has 0 spiro atoms. The predicted octanol–water partition coefficient (Wildman–Crippen LogP) is 0.786. The van der Waals surface area contributed by atoms with Crippen LogP contribution in [-0.4, -0.2) is 38.7 Å². The van der Waals surface area contributed by atoms with Gasteiger partial charge in [0, 0.05) is 18.3 Å². The molecule has 1 saturated heterocycles. The highest BCUT2D eigenvalue weighted by atomic mass is 16.6. The third-order valence-corrected chi connectivity index (χ3v) is 3.12. The molecule has 1 aromatic rings. The van der Waals surface area contributed by atoms with Crippen LogP contribution >= 0.6 is 0 Å². The zero-order valence-electron chi connectivity index (χ0n) is 11.3. The van der Waals surface area contributed by atoms with Crippen molar-refractivity contribution in [2.45, 2.75) is 6.42 Å². The monoisotopic (exact) mass is 278 g/mol. The van der Waals surface area contributed by atoms with E-state index in [1.54, 1.807) is 24.3 Å². The van der Waals surface area contributed by atoms with Crippen molar-refractivity contribution in [2.24, 2.45) is 5.92 Å². The van der Waals surface area contributed by atoms with Crippen LogP contribution in [0.5, 0.6) is 5.75 Å². The molecule has 1 amide bonds. The van der Waals surface area contributed by atoms with E-state index < -0.39 is 5.97 Å². The van der Waals surface area contributed by atoms with E-state index in [9.17, 15) is 9.59 Å². The lowest BCUT2D eigenvalue weighted by atomic mass is 10.1. The van der Waals surface area contributed by atoms with E-state index in [0.29, 0.717) is 18.0 Å². The number of carbonyl (C=O) groups excluding carboxylic acids is 2. The Morgan fingerprint density at radius 3 is 3.00 bits per heavy atom. The van der Waals surface area contributed by atoms with E-state index in [1.165, 1.54) is 7.11 Å². The summed E-state index contributed by atoms with van der Waals surface area (Å²) in [4.78, 5) is 23.0. The smallest absolute Gasteiger partial charge is 0.343 e. The van der Waals surface area contributed by atoms with Crippen molar-refractivity contribution < 1.29 is 19.1 Å². The molecule has 1 atom stereocenters. The summed E-state index contributed by atoms with van der Waals surface area (Å²) >= 11 is 0. The van der Waals surface area contributed by atoms with Crippen LogP contribution in [0.2, 0.25) is 0 Å². The number of esters is 1. The van der Waals surface area contributed by atoms with Gasteiger partial charge in [0.15, 0.2) is 6.61 Å². The molecule has 6 heteroatoms. The molecule has 1 aromatic carbocycles. The topological polar surface area (TPSA) is 76.7 Å². The van der Waals surface area contributed by atoms with Gasteiger partial charge in [0.25, 0.3) is 0 Å². The third-order valence-electron chi connectivity index (χ3n) is 3.12. The summed E-state index contributed by atoms with van der Waals surface area (Å²) in [6, 6.07) is 6.94. The zero-order chi connectivity index (χ0) is 14.4. The van der Waals surface area contributed by atoms with E-state index in [4.69, 9.17) is 4.74 Å². The highest BCUT2D eigenvalue weighted by Crippen LogP contribution is 2.19. The average Bonchev–Trinajstić information content (AvgIpc) is 2.99. The van der Waals surface area contributed by atoms with Crippen molar-refractivity contribution >= 4 is 17.6 Å². The normalized spacial score (nSPS) is 17.6. The van der Waals surface area contributed by atoms with E-state index in [1.807, 2.05) is 0 Å². The maximum atomic E-state index is 12.0. The molecule has 1 heterocycles. The Morgan fingerprint density at radius 1 is 1.45 bits per heavy atom. The average molecular weight is 278 g/mol. The van der Waals surface area contributed by atoms with E-state index in [0.717, 1.165) is 13.0 Å². The molecule has 20 heavy (non-hydrogen) atoms. The highest BCUT2D eigenvalue weighted by Gasteiger charge is 2.22. The SMILES string of the molecule is COC(=O)COc1cccc(NC(=O)C2CCNC2)c1. The first-order chi connectivity index (χ1) is 9.69. The molecule has 1 aliphatic rings. The molecule has 1 aliphatic heterocycles. The zero-order valence-corrected chi connectivity index (χ0v) is 11.3. The summed E-state index contributed by atoms with van der Waals surface area (Å²) in [7, 11) is 1.30. The number of nitrogens with one attached hydrogen (secondary N) is 2. The second-order valence-corrected chi connectivity index (χ2v) is 4.57. The Morgan fingerprint density at radius 2 is 2.30 bits per heavy atom. The number of methoxy groups -OCH3 is 1. The van der Waals surface area contributed by atoms with Crippen LogP contribution in [0.4, 0.5) is 5.69 Å². The van der Waals surface area contributed by atoms with Gasteiger partial charge >= 0.3 is 5.97 Å². The number of hydrogen-bond acceptors (Lipinski definition) is 5. The molecule has 2 N–H and O–H groups in total. The van der Waals surface area contributed by atoms with Gasteiger partial charge < -0.3 is 20.1 Å². The molecule has 108 valence electrons. The number of amides is 1. The first kappa shape index (κ1) is 14.3. The lowest BCUT2D eigenvalue weighted by molar-refractivity contribution is -0.142. The molecule has 0 saturated carbocycles. The van der Waals surface area contributed by atoms with Crippen molar-refractivity contribution in [3.05, 3.63) is 24.3 Å². The fourth-order valence-corrected chi connectivity index (χ4v) is 1.99. The quantitative estimate of drug-likeness (QED) is 0.779. The molecule has 1 fully saturated rings. The van der Waals surface area contributed by atoms with Crippen LogP contribution in [0.1, 0.15) is 6.42 Å². The molecule has 0 aromatic heterocycles. The summed E-state index contributed by atoms with van der Waals surface area (Å²) in [6.07, 6.45) is 0.852. The van der Waals surface area contributed by atoms with Gasteiger partial charge in [-0.05, 0) is 25.1 Å². The van der Waals surface area contributed by atoms with Crippen LogP contribution in [0.3, 0.4) is 0 Å². The summed E-state index contributed by atoms with van der Waals surface area (Å²) in [6.45, 7) is 1.44. The van der Waals surface area contributed by atoms with Gasteiger partial charge in [-0.2, -0.15) is 0 Å². The number of hydrogen-bond donors (Lipinski definition) is 2. The third kappa shape index (κ3) is 3.96. The molecular formula is C14H18N2O4. The van der Waals surface area contributed by atoms with Gasteiger partial charge in [-0.1, -0.05) is 6.07 Å². The van der Waals surface area contributed by atoms with Crippen molar-refractivity contribution in [2.75, 3.05) is 32.1 Å². The summed E-state index contributed by atoms with van der Waals surface area (Å²) in [5.74, 6) is 0.0731. The lowest BCUT2D eigenvalue weighted by Gasteiger charge is -2.11. The maximum Gasteiger partial charge on any atom is 0.343 e. The standard InChI is InChI=1S/C14H18N2O4/c1-19-13(17)9-20-12-4-2-3-11(7-12)16-14(18)10-5-6-15-8-10/h2-4,7,10,15H,5-6,8-9H2,1H3,(H,16,18). The Kier molecular flexibility index (Phi) is 4.95. The van der Waals surface area contributed by atoms with Crippen molar-refractivity contribution in [3.8, 4) is 5.75 Å². The second-order valence-electron chi connectivity index (χ2n) is 4.57. The fourth-order valence-electron chi connectivity index (χ4n) is 1.99. The highest BCUT2D eigenvalue weighted by molar-refractivity contribution is 5.93. The van der Waals surface area contributed by atoms with Gasteiger partial charge in [-0.3, -0.25) is 4.79 Å². The van der Waals surface area contributed by atoms with Crippen LogP contribution in [-0.2, 0) is 14.3 Å². The van der Waals surface area contributed by atoms with E-state index in [-0.39, 0.29) is 18.4 Å². The molecule has 0 aliphatic carbocycles. The Bertz CT molecular complexity index is 484. The predicted molar refractivity (Wildman–Crippen MR) is 73.6 cm³/mol. The van der Waals surface area contributed by atoms with Gasteiger partial charge in [0.1, 0.15) is 5.75 Å². The number of benzene rings is 1. The van der Waals surface area contributed by atoms with E-state index >= 15 is 0 Å². The fraction of sp³-hybridized carbons (Fsp3) is 0.429. The minimum Gasteiger partial charge on any atom is -0.482 e. The van der Waals surface area contributed by atoms with Crippen molar-refractivity contribution in [1.29, 1.82) is 0 Å². The number of rotatable bonds is 5. The molecule has 2 rings (SSSR count). The summed E-state index contributed by atoms with van der Waals surface area (Å²) in [5, 5.41) is 6.00. The summed E-state index contributed by atoms with van der Waals surface area (Å²) in [5.41, 5.74) is 0.657. The van der Waals surface area contributed by atoms with Gasteiger partial charge in [-0.25, -0.2) is 4.79 Å². The Labute approximate surface area is 117 Å². The second kappa shape index (κ2) is 6.91. The van der Waals surface area contributed by atoms with Crippen LogP contribution in [0.25, 0.3) is 0 Å².